The van der Waals surface area contributed by atoms with E-state index in [4.69, 9.17) is 0 Å². The second-order valence-corrected chi connectivity index (χ2v) is 6.24. The average Bonchev–Trinajstić information content (AvgIpc) is 2.68. The fraction of sp³-hybridized carbons (Fsp3) is 0.688. The number of aromatic nitrogens is 1. The average molecular weight is 260 g/mol. The maximum Gasteiger partial charge on any atom is 0.164 e. The van der Waals surface area contributed by atoms with Crippen molar-refractivity contribution in [2.45, 2.75) is 71.4 Å². The molecule has 1 fully saturated rings. The van der Waals surface area contributed by atoms with E-state index in [1.165, 1.54) is 30.7 Å². The van der Waals surface area contributed by atoms with Gasteiger partial charge in [0.1, 0.15) is 0 Å². The zero-order chi connectivity index (χ0) is 13.6. The van der Waals surface area contributed by atoms with Crippen LogP contribution in [-0.4, -0.2) is 22.5 Å². The van der Waals surface area contributed by atoms with Crippen LogP contribution in [0.2, 0.25) is 0 Å². The molecule has 3 heteroatoms. The number of hydrogen-bond acceptors (Lipinski definition) is 2. The molecule has 1 aliphatic carbocycles. The Morgan fingerprint density at radius 1 is 1.11 bits per heavy atom. The number of nitrogens with zero attached hydrogens (tertiary/aromatic N) is 2. The molecule has 0 N–H and O–H groups in total. The zero-order valence-corrected chi connectivity index (χ0v) is 12.3. The van der Waals surface area contributed by atoms with Crippen molar-refractivity contribution in [2.24, 2.45) is 0 Å². The number of piperidine rings is 1. The molecule has 0 amide bonds. The van der Waals surface area contributed by atoms with Crippen molar-refractivity contribution in [3.05, 3.63) is 23.0 Å². The summed E-state index contributed by atoms with van der Waals surface area (Å²) in [7, 11) is 0. The highest BCUT2D eigenvalue weighted by molar-refractivity contribution is 5.98. The minimum atomic E-state index is 0.334. The Balaban J connectivity index is 2.07. The quantitative estimate of drug-likeness (QED) is 0.774. The van der Waals surface area contributed by atoms with Crippen molar-refractivity contribution in [3.63, 3.8) is 0 Å². The molecule has 0 aromatic carbocycles. The lowest BCUT2D eigenvalue weighted by molar-refractivity contribution is 0.0971. The SMILES string of the molecule is Cc1cc2c(n1N1C(C)CCCC1C)CCCC2=O. The van der Waals surface area contributed by atoms with Gasteiger partial charge in [-0.2, -0.15) is 0 Å². The highest BCUT2D eigenvalue weighted by atomic mass is 16.1. The fourth-order valence-electron chi connectivity index (χ4n) is 3.84. The second-order valence-electron chi connectivity index (χ2n) is 6.24. The van der Waals surface area contributed by atoms with Crippen molar-refractivity contribution < 1.29 is 4.79 Å². The third-order valence-electron chi connectivity index (χ3n) is 4.75. The first kappa shape index (κ1) is 12.8. The number of carbonyl (C=O) groups excluding carboxylic acids is 1. The largest absolute Gasteiger partial charge is 0.307 e. The van der Waals surface area contributed by atoms with E-state index < -0.39 is 0 Å². The molecule has 0 radical (unpaired) electrons. The van der Waals surface area contributed by atoms with Gasteiger partial charge in [0.2, 0.25) is 0 Å². The third kappa shape index (κ3) is 1.99. The molecule has 0 spiro atoms. The first-order valence-electron chi connectivity index (χ1n) is 7.62. The molecule has 2 aliphatic rings. The number of carbonyl (C=O) groups is 1. The molecule has 19 heavy (non-hydrogen) atoms. The van der Waals surface area contributed by atoms with Crippen LogP contribution >= 0.6 is 0 Å². The maximum atomic E-state index is 12.1. The molecule has 3 nitrogen and oxygen atoms in total. The normalized spacial score (nSPS) is 27.5. The smallest absolute Gasteiger partial charge is 0.164 e. The molecule has 1 aromatic heterocycles. The number of Topliss-reactive ketones (excluding diaryl/α,β-unsaturated/α-hetero) is 1. The summed E-state index contributed by atoms with van der Waals surface area (Å²) in [5.74, 6) is 0.334. The van der Waals surface area contributed by atoms with Crippen LogP contribution in [0.1, 0.15) is 67.7 Å². The van der Waals surface area contributed by atoms with Gasteiger partial charge in [0.05, 0.1) is 5.69 Å². The molecule has 1 saturated heterocycles. The highest BCUT2D eigenvalue weighted by Crippen LogP contribution is 2.29. The standard InChI is InChI=1S/C16H24N2O/c1-11-6-4-7-12(2)17(11)18-13(3)10-14-15(18)8-5-9-16(14)19/h10-12H,4-9H2,1-3H3. The van der Waals surface area contributed by atoms with Crippen LogP contribution in [0.3, 0.4) is 0 Å². The van der Waals surface area contributed by atoms with Crippen LogP contribution in [0.5, 0.6) is 0 Å². The first-order chi connectivity index (χ1) is 9.09. The molecular weight excluding hydrogens is 236 g/mol. The molecular formula is C16H24N2O. The Morgan fingerprint density at radius 2 is 1.79 bits per heavy atom. The van der Waals surface area contributed by atoms with Gasteiger partial charge in [-0.3, -0.25) is 9.47 Å². The van der Waals surface area contributed by atoms with E-state index in [-0.39, 0.29) is 0 Å². The van der Waals surface area contributed by atoms with E-state index in [0.717, 1.165) is 24.8 Å². The van der Waals surface area contributed by atoms with Crippen molar-refractivity contribution in [1.82, 2.24) is 4.68 Å². The molecule has 2 heterocycles. The summed E-state index contributed by atoms with van der Waals surface area (Å²) in [6, 6.07) is 3.23. The third-order valence-corrected chi connectivity index (χ3v) is 4.75. The van der Waals surface area contributed by atoms with Crippen molar-refractivity contribution in [1.29, 1.82) is 0 Å². The Labute approximate surface area is 115 Å². The summed E-state index contributed by atoms with van der Waals surface area (Å²) in [5.41, 5.74) is 3.46. The Bertz CT molecular complexity index is 493. The van der Waals surface area contributed by atoms with E-state index in [0.29, 0.717) is 17.9 Å². The molecule has 2 unspecified atom stereocenters. The molecule has 104 valence electrons. The topological polar surface area (TPSA) is 25.2 Å². The molecule has 3 rings (SSSR count). The van der Waals surface area contributed by atoms with E-state index in [1.54, 1.807) is 0 Å². The summed E-state index contributed by atoms with van der Waals surface area (Å²) >= 11 is 0. The summed E-state index contributed by atoms with van der Waals surface area (Å²) in [6.07, 6.45) is 6.61. The lowest BCUT2D eigenvalue weighted by Gasteiger charge is -2.43. The van der Waals surface area contributed by atoms with Crippen molar-refractivity contribution >= 4 is 5.78 Å². The number of hydrogen-bond donors (Lipinski definition) is 0. The first-order valence-corrected chi connectivity index (χ1v) is 7.62. The predicted octanol–water partition coefficient (Wildman–Crippen LogP) is 3.21. The van der Waals surface area contributed by atoms with Gasteiger partial charge in [-0.25, -0.2) is 0 Å². The number of fused-ring (bicyclic) bond motifs is 1. The molecule has 1 aliphatic heterocycles. The summed E-state index contributed by atoms with van der Waals surface area (Å²) in [6.45, 7) is 6.76. The summed E-state index contributed by atoms with van der Waals surface area (Å²) in [4.78, 5) is 12.1. The van der Waals surface area contributed by atoms with Crippen LogP contribution in [0.4, 0.5) is 0 Å². The van der Waals surface area contributed by atoms with E-state index >= 15 is 0 Å². The van der Waals surface area contributed by atoms with E-state index in [1.807, 2.05) is 0 Å². The van der Waals surface area contributed by atoms with Gasteiger partial charge < -0.3 is 5.01 Å². The highest BCUT2D eigenvalue weighted by Gasteiger charge is 2.30. The van der Waals surface area contributed by atoms with E-state index in [2.05, 4.69) is 36.5 Å². The van der Waals surface area contributed by atoms with Crippen LogP contribution in [0.25, 0.3) is 0 Å². The lowest BCUT2D eigenvalue weighted by Crippen LogP contribution is -2.52. The second kappa shape index (κ2) is 4.69. The summed E-state index contributed by atoms with van der Waals surface area (Å²) in [5, 5.41) is 2.51. The molecule has 0 bridgehead atoms. The number of aryl methyl sites for hydroxylation is 1. The number of ketones is 1. The Hall–Kier alpha value is -1.25. The van der Waals surface area contributed by atoms with Gasteiger partial charge in [0.15, 0.2) is 5.78 Å². The van der Waals surface area contributed by atoms with Crippen LogP contribution in [0, 0.1) is 6.92 Å². The molecule has 2 atom stereocenters. The molecule has 1 aromatic rings. The molecule has 0 saturated carbocycles. The van der Waals surface area contributed by atoms with Gasteiger partial charge in [-0.05, 0) is 58.9 Å². The predicted molar refractivity (Wildman–Crippen MR) is 77.4 cm³/mol. The lowest BCUT2D eigenvalue weighted by atomic mass is 9.96. The van der Waals surface area contributed by atoms with Crippen molar-refractivity contribution in [2.75, 3.05) is 5.01 Å². The van der Waals surface area contributed by atoms with E-state index in [9.17, 15) is 4.79 Å². The fourth-order valence-corrected chi connectivity index (χ4v) is 3.84. The van der Waals surface area contributed by atoms with Crippen LogP contribution in [-0.2, 0) is 6.42 Å². The monoisotopic (exact) mass is 260 g/mol. The Morgan fingerprint density at radius 3 is 2.47 bits per heavy atom. The van der Waals surface area contributed by atoms with Crippen molar-refractivity contribution in [3.8, 4) is 0 Å². The minimum Gasteiger partial charge on any atom is -0.307 e. The van der Waals surface area contributed by atoms with Gasteiger partial charge in [0.25, 0.3) is 0 Å². The van der Waals surface area contributed by atoms with Gasteiger partial charge in [0, 0.05) is 29.8 Å². The maximum absolute atomic E-state index is 12.1. The number of rotatable bonds is 1. The van der Waals surface area contributed by atoms with Gasteiger partial charge >= 0.3 is 0 Å². The minimum absolute atomic E-state index is 0.334. The van der Waals surface area contributed by atoms with Crippen LogP contribution < -0.4 is 5.01 Å². The van der Waals surface area contributed by atoms with Gasteiger partial charge in [-0.15, -0.1) is 0 Å². The zero-order valence-electron chi connectivity index (χ0n) is 12.3. The Kier molecular flexibility index (Phi) is 3.15. The van der Waals surface area contributed by atoms with Crippen LogP contribution in [0.15, 0.2) is 6.07 Å². The van der Waals surface area contributed by atoms with Gasteiger partial charge in [-0.1, -0.05) is 0 Å². The summed E-state index contributed by atoms with van der Waals surface area (Å²) < 4.78 is 2.36.